The van der Waals surface area contributed by atoms with Crippen molar-refractivity contribution < 1.29 is 4.39 Å². The van der Waals surface area contributed by atoms with Crippen molar-refractivity contribution in [2.45, 2.75) is 6.92 Å². The Labute approximate surface area is 49.0 Å². The van der Waals surface area contributed by atoms with Gasteiger partial charge in [-0.25, -0.2) is 4.39 Å². The highest BCUT2D eigenvalue weighted by atomic mass is 19.1. The Morgan fingerprint density at radius 2 is 1.88 bits per heavy atom. The summed E-state index contributed by atoms with van der Waals surface area (Å²) in [5.41, 5.74) is 0.528. The van der Waals surface area contributed by atoms with Crippen LogP contribution in [0.3, 0.4) is 0 Å². The summed E-state index contributed by atoms with van der Waals surface area (Å²) in [7, 11) is 0. The number of hydrogen-bond acceptors (Lipinski definition) is 0. The topological polar surface area (TPSA) is 0 Å². The average molecular weight is 112 g/mol. The van der Waals surface area contributed by atoms with Gasteiger partial charge < -0.3 is 0 Å². The zero-order valence-electron chi connectivity index (χ0n) is 4.95. The molecule has 0 aliphatic heterocycles. The molecule has 0 rings (SSSR count). The molecule has 0 saturated carbocycles. The van der Waals surface area contributed by atoms with E-state index in [1.807, 2.05) is 0 Å². The Morgan fingerprint density at radius 3 is 2.00 bits per heavy atom. The van der Waals surface area contributed by atoms with E-state index in [1.165, 1.54) is 6.08 Å². The van der Waals surface area contributed by atoms with E-state index in [4.69, 9.17) is 0 Å². The van der Waals surface area contributed by atoms with E-state index >= 15 is 0 Å². The second-order valence-corrected chi connectivity index (χ2v) is 1.44. The first-order valence-corrected chi connectivity index (χ1v) is 2.33. The Hall–Kier alpha value is -0.850. The quantitative estimate of drug-likeness (QED) is 0.481. The molecule has 0 spiro atoms. The van der Waals surface area contributed by atoms with Crippen molar-refractivity contribution in [3.8, 4) is 0 Å². The molecule has 0 bridgehead atoms. The molecular formula is C7H9F. The predicted octanol–water partition coefficient (Wildman–Crippen LogP) is 2.60. The van der Waals surface area contributed by atoms with Crippen LogP contribution in [0.2, 0.25) is 0 Å². The number of allylic oxidation sites excluding steroid dienone is 4. The van der Waals surface area contributed by atoms with Crippen LogP contribution in [0, 0.1) is 0 Å². The molecule has 0 aliphatic rings. The zero-order valence-corrected chi connectivity index (χ0v) is 4.95. The van der Waals surface area contributed by atoms with Gasteiger partial charge in [-0.15, -0.1) is 0 Å². The largest absolute Gasteiger partial charge is 0.207 e. The lowest BCUT2D eigenvalue weighted by molar-refractivity contribution is 0.659. The van der Waals surface area contributed by atoms with Gasteiger partial charge in [0.15, 0.2) is 0 Å². The van der Waals surface area contributed by atoms with Gasteiger partial charge >= 0.3 is 0 Å². The second-order valence-electron chi connectivity index (χ2n) is 1.44. The van der Waals surface area contributed by atoms with Gasteiger partial charge in [-0.1, -0.05) is 19.2 Å². The summed E-state index contributed by atoms with van der Waals surface area (Å²) >= 11 is 0. The fraction of sp³-hybridized carbons (Fsp3) is 0.143. The Morgan fingerprint density at radius 1 is 1.38 bits per heavy atom. The third-order valence-corrected chi connectivity index (χ3v) is 0.862. The van der Waals surface area contributed by atoms with Gasteiger partial charge in [0, 0.05) is 0 Å². The summed E-state index contributed by atoms with van der Waals surface area (Å²) in [4.78, 5) is 0. The lowest BCUT2D eigenvalue weighted by Crippen LogP contribution is -1.69. The Bertz CT molecular complexity index is 115. The van der Waals surface area contributed by atoms with Crippen LogP contribution in [0.25, 0.3) is 0 Å². The predicted molar refractivity (Wildman–Crippen MR) is 34.2 cm³/mol. The summed E-state index contributed by atoms with van der Waals surface area (Å²) in [5.74, 6) is -0.306. The van der Waals surface area contributed by atoms with E-state index in [9.17, 15) is 4.39 Å². The molecule has 0 atom stereocenters. The molecule has 0 radical (unpaired) electrons. The van der Waals surface area contributed by atoms with Crippen molar-refractivity contribution in [1.29, 1.82) is 0 Å². The second kappa shape index (κ2) is 3.19. The van der Waals surface area contributed by atoms with Gasteiger partial charge in [0.2, 0.25) is 0 Å². The number of hydrogen-bond donors (Lipinski definition) is 0. The molecule has 0 nitrogen and oxygen atoms in total. The van der Waals surface area contributed by atoms with Crippen molar-refractivity contribution in [3.63, 3.8) is 0 Å². The molecule has 0 amide bonds. The molecule has 0 heterocycles. The standard InChI is InChI=1S/C7H9F/c1-4-6(3)7(8)5-2/h4-5H,1-2H2,3H3/b7-6+. The fourth-order valence-corrected chi connectivity index (χ4v) is 0.258. The van der Waals surface area contributed by atoms with Crippen molar-refractivity contribution in [3.05, 3.63) is 36.7 Å². The molecule has 0 N–H and O–H groups in total. The Kier molecular flexibility index (Phi) is 2.85. The first kappa shape index (κ1) is 7.15. The van der Waals surface area contributed by atoms with Crippen LogP contribution in [-0.4, -0.2) is 0 Å². The highest BCUT2D eigenvalue weighted by molar-refractivity contribution is 5.23. The molecule has 1 heteroatoms. The SMILES string of the molecule is C=C/C(C)=C(/F)C=C. The summed E-state index contributed by atoms with van der Waals surface area (Å²) < 4.78 is 12.2. The number of rotatable bonds is 2. The van der Waals surface area contributed by atoms with Gasteiger partial charge in [0.05, 0.1) is 0 Å². The normalized spacial score (nSPS) is 12.2. The maximum Gasteiger partial charge on any atom is 0.125 e. The zero-order chi connectivity index (χ0) is 6.57. The molecular weight excluding hydrogens is 103 g/mol. The highest BCUT2D eigenvalue weighted by Gasteiger charge is 1.87. The fourth-order valence-electron chi connectivity index (χ4n) is 0.258. The molecule has 0 aliphatic carbocycles. The van der Waals surface area contributed by atoms with Crippen molar-refractivity contribution >= 4 is 0 Å². The van der Waals surface area contributed by atoms with E-state index in [0.717, 1.165) is 6.08 Å². The van der Waals surface area contributed by atoms with E-state index in [2.05, 4.69) is 13.2 Å². The van der Waals surface area contributed by atoms with Gasteiger partial charge in [0.25, 0.3) is 0 Å². The molecule has 0 aromatic rings. The van der Waals surface area contributed by atoms with Crippen LogP contribution in [-0.2, 0) is 0 Å². The smallest absolute Gasteiger partial charge is 0.125 e. The maximum atomic E-state index is 12.2. The van der Waals surface area contributed by atoms with Crippen LogP contribution >= 0.6 is 0 Å². The average Bonchev–Trinajstić information content (AvgIpc) is 1.84. The summed E-state index contributed by atoms with van der Waals surface area (Å²) in [6.45, 7) is 8.28. The third kappa shape index (κ3) is 1.73. The van der Waals surface area contributed by atoms with E-state index in [1.54, 1.807) is 6.92 Å². The van der Waals surface area contributed by atoms with Gasteiger partial charge in [-0.2, -0.15) is 0 Å². The lowest BCUT2D eigenvalue weighted by atomic mass is 10.3. The van der Waals surface area contributed by atoms with Crippen LogP contribution in [0.5, 0.6) is 0 Å². The minimum absolute atomic E-state index is 0.306. The minimum Gasteiger partial charge on any atom is -0.207 e. The molecule has 0 aromatic carbocycles. The lowest BCUT2D eigenvalue weighted by Gasteiger charge is -1.87. The van der Waals surface area contributed by atoms with E-state index < -0.39 is 0 Å². The number of halogens is 1. The molecule has 8 heavy (non-hydrogen) atoms. The molecule has 0 aromatic heterocycles. The molecule has 0 unspecified atom stereocenters. The molecule has 44 valence electrons. The van der Waals surface area contributed by atoms with Crippen LogP contribution in [0.1, 0.15) is 6.92 Å². The van der Waals surface area contributed by atoms with Gasteiger partial charge in [-0.3, -0.25) is 0 Å². The first-order valence-electron chi connectivity index (χ1n) is 2.33. The summed E-state index contributed by atoms with van der Waals surface area (Å²) in [6.07, 6.45) is 2.62. The van der Waals surface area contributed by atoms with E-state index in [-0.39, 0.29) is 5.83 Å². The van der Waals surface area contributed by atoms with Gasteiger partial charge in [0.1, 0.15) is 5.83 Å². The van der Waals surface area contributed by atoms with Crippen molar-refractivity contribution in [1.82, 2.24) is 0 Å². The van der Waals surface area contributed by atoms with Crippen molar-refractivity contribution in [2.24, 2.45) is 0 Å². The molecule has 0 saturated heterocycles. The highest BCUT2D eigenvalue weighted by Crippen LogP contribution is 2.05. The van der Waals surface area contributed by atoms with Gasteiger partial charge in [-0.05, 0) is 18.6 Å². The minimum atomic E-state index is -0.306. The summed E-state index contributed by atoms with van der Waals surface area (Å²) in [6, 6.07) is 0. The van der Waals surface area contributed by atoms with Crippen molar-refractivity contribution in [2.75, 3.05) is 0 Å². The monoisotopic (exact) mass is 112 g/mol. The van der Waals surface area contributed by atoms with Crippen LogP contribution < -0.4 is 0 Å². The maximum absolute atomic E-state index is 12.2. The first-order chi connectivity index (χ1) is 3.72. The van der Waals surface area contributed by atoms with Crippen LogP contribution in [0.4, 0.5) is 4.39 Å². The third-order valence-electron chi connectivity index (χ3n) is 0.862. The molecule has 0 fully saturated rings. The summed E-state index contributed by atoms with van der Waals surface area (Å²) in [5, 5.41) is 0. The van der Waals surface area contributed by atoms with Crippen LogP contribution in [0.15, 0.2) is 36.7 Å². The Balaban J connectivity index is 4.25. The van der Waals surface area contributed by atoms with E-state index in [0.29, 0.717) is 5.57 Å².